The summed E-state index contributed by atoms with van der Waals surface area (Å²) < 4.78 is 4.68. The average molecular weight is 270 g/mol. The van der Waals surface area contributed by atoms with Gasteiger partial charge in [0.2, 0.25) is 0 Å². The molecule has 1 aromatic carbocycles. The molecule has 0 fully saturated rings. The molecule has 1 N–H and O–H groups in total. The van der Waals surface area contributed by atoms with Crippen molar-refractivity contribution in [1.29, 1.82) is 0 Å². The van der Waals surface area contributed by atoms with E-state index in [1.54, 1.807) is 6.20 Å². The van der Waals surface area contributed by atoms with Crippen molar-refractivity contribution in [3.05, 3.63) is 58.9 Å². The van der Waals surface area contributed by atoms with Gasteiger partial charge in [-0.3, -0.25) is 0 Å². The maximum Gasteiger partial charge on any atom is 0.356 e. The first-order valence-corrected chi connectivity index (χ1v) is 6.45. The average Bonchev–Trinajstić information content (AvgIpc) is 2.46. The molecule has 0 aliphatic rings. The molecular formula is C16H18N2O2. The van der Waals surface area contributed by atoms with Gasteiger partial charge in [-0.2, -0.15) is 0 Å². The van der Waals surface area contributed by atoms with Crippen LogP contribution in [0.2, 0.25) is 0 Å². The normalized spacial score (nSPS) is 10.2. The van der Waals surface area contributed by atoms with Gasteiger partial charge in [-0.15, -0.1) is 0 Å². The maximum absolute atomic E-state index is 11.5. The molecule has 0 atom stereocenters. The molecule has 0 bridgehead atoms. The monoisotopic (exact) mass is 270 g/mol. The number of rotatable bonds is 4. The second kappa shape index (κ2) is 6.19. The van der Waals surface area contributed by atoms with Crippen LogP contribution in [0.1, 0.15) is 27.2 Å². The van der Waals surface area contributed by atoms with Crippen LogP contribution in [-0.4, -0.2) is 18.1 Å². The number of esters is 1. The number of nitrogens with one attached hydrogen (secondary N) is 1. The number of anilines is 1. The van der Waals surface area contributed by atoms with Gasteiger partial charge in [-0.25, -0.2) is 9.78 Å². The molecule has 20 heavy (non-hydrogen) atoms. The van der Waals surface area contributed by atoms with Crippen molar-refractivity contribution in [1.82, 2.24) is 4.98 Å². The predicted octanol–water partition coefficient (Wildman–Crippen LogP) is 3.10. The molecular weight excluding hydrogens is 252 g/mol. The number of carbonyl (C=O) groups is 1. The summed E-state index contributed by atoms with van der Waals surface area (Å²) in [4.78, 5) is 15.6. The number of hydrogen-bond donors (Lipinski definition) is 1. The number of benzene rings is 1. The lowest BCUT2D eigenvalue weighted by Gasteiger charge is -2.10. The van der Waals surface area contributed by atoms with E-state index in [4.69, 9.17) is 0 Å². The van der Waals surface area contributed by atoms with Gasteiger partial charge in [0.1, 0.15) is 0 Å². The van der Waals surface area contributed by atoms with Crippen molar-refractivity contribution in [3.8, 4) is 0 Å². The van der Waals surface area contributed by atoms with Gasteiger partial charge in [0, 0.05) is 6.54 Å². The molecule has 1 heterocycles. The van der Waals surface area contributed by atoms with E-state index in [2.05, 4.69) is 34.1 Å². The SMILES string of the molecule is COC(=O)c1ncc(NCc2ccccc2C)cc1C. The van der Waals surface area contributed by atoms with Crippen LogP contribution in [-0.2, 0) is 11.3 Å². The zero-order chi connectivity index (χ0) is 14.5. The molecule has 0 aliphatic heterocycles. The molecule has 0 unspecified atom stereocenters. The molecule has 2 aromatic rings. The molecule has 1 aromatic heterocycles. The lowest BCUT2D eigenvalue weighted by atomic mass is 10.1. The van der Waals surface area contributed by atoms with E-state index >= 15 is 0 Å². The lowest BCUT2D eigenvalue weighted by molar-refractivity contribution is 0.0593. The van der Waals surface area contributed by atoms with Crippen LogP contribution in [0.5, 0.6) is 0 Å². The highest BCUT2D eigenvalue weighted by atomic mass is 16.5. The van der Waals surface area contributed by atoms with Crippen LogP contribution < -0.4 is 5.32 Å². The topological polar surface area (TPSA) is 51.2 Å². The molecule has 0 saturated carbocycles. The van der Waals surface area contributed by atoms with Crippen LogP contribution in [0.15, 0.2) is 36.5 Å². The number of aryl methyl sites for hydroxylation is 2. The van der Waals surface area contributed by atoms with E-state index in [1.807, 2.05) is 25.1 Å². The van der Waals surface area contributed by atoms with Crippen molar-refractivity contribution >= 4 is 11.7 Å². The van der Waals surface area contributed by atoms with Crippen molar-refractivity contribution in [3.63, 3.8) is 0 Å². The minimum atomic E-state index is -0.409. The second-order valence-electron chi connectivity index (χ2n) is 4.66. The smallest absolute Gasteiger partial charge is 0.356 e. The Bertz CT molecular complexity index is 624. The number of hydrogen-bond acceptors (Lipinski definition) is 4. The number of nitrogens with zero attached hydrogens (tertiary/aromatic N) is 1. The summed E-state index contributed by atoms with van der Waals surface area (Å²) in [6, 6.07) is 10.1. The number of aromatic nitrogens is 1. The predicted molar refractivity (Wildman–Crippen MR) is 78.8 cm³/mol. The number of ether oxygens (including phenoxy) is 1. The Kier molecular flexibility index (Phi) is 4.35. The highest BCUT2D eigenvalue weighted by molar-refractivity contribution is 5.89. The van der Waals surface area contributed by atoms with E-state index in [-0.39, 0.29) is 0 Å². The summed E-state index contributed by atoms with van der Waals surface area (Å²) in [7, 11) is 1.35. The molecule has 104 valence electrons. The molecule has 4 heteroatoms. The Morgan fingerprint density at radius 3 is 2.65 bits per heavy atom. The fourth-order valence-corrected chi connectivity index (χ4v) is 1.99. The lowest BCUT2D eigenvalue weighted by Crippen LogP contribution is -2.08. The maximum atomic E-state index is 11.5. The Balaban J connectivity index is 2.10. The van der Waals surface area contributed by atoms with Gasteiger partial charge >= 0.3 is 5.97 Å². The Hall–Kier alpha value is -2.36. The molecule has 0 radical (unpaired) electrons. The number of pyridine rings is 1. The van der Waals surface area contributed by atoms with Crippen molar-refractivity contribution < 1.29 is 9.53 Å². The minimum Gasteiger partial charge on any atom is -0.464 e. The third kappa shape index (κ3) is 3.15. The molecule has 0 aliphatic carbocycles. The highest BCUT2D eigenvalue weighted by Gasteiger charge is 2.11. The molecule has 4 nitrogen and oxygen atoms in total. The van der Waals surface area contributed by atoms with E-state index < -0.39 is 5.97 Å². The second-order valence-corrected chi connectivity index (χ2v) is 4.66. The number of carbonyl (C=O) groups excluding carboxylic acids is 1. The summed E-state index contributed by atoms with van der Waals surface area (Å²) in [5.41, 5.74) is 4.53. The zero-order valence-electron chi connectivity index (χ0n) is 11.9. The van der Waals surface area contributed by atoms with Crippen molar-refractivity contribution in [2.45, 2.75) is 20.4 Å². The van der Waals surface area contributed by atoms with Gasteiger partial charge in [0.15, 0.2) is 5.69 Å². The van der Waals surface area contributed by atoms with Crippen molar-refractivity contribution in [2.24, 2.45) is 0 Å². The van der Waals surface area contributed by atoms with Crippen LogP contribution in [0.3, 0.4) is 0 Å². The van der Waals surface area contributed by atoms with Gasteiger partial charge < -0.3 is 10.1 Å². The third-order valence-corrected chi connectivity index (χ3v) is 3.20. The van der Waals surface area contributed by atoms with E-state index in [1.165, 1.54) is 18.2 Å². The van der Waals surface area contributed by atoms with Crippen LogP contribution in [0.4, 0.5) is 5.69 Å². The fraction of sp³-hybridized carbons (Fsp3) is 0.250. The third-order valence-electron chi connectivity index (χ3n) is 3.20. The first-order chi connectivity index (χ1) is 9.61. The van der Waals surface area contributed by atoms with Crippen LogP contribution in [0.25, 0.3) is 0 Å². The van der Waals surface area contributed by atoms with E-state index in [9.17, 15) is 4.79 Å². The quantitative estimate of drug-likeness (QED) is 0.867. The highest BCUT2D eigenvalue weighted by Crippen LogP contribution is 2.15. The summed E-state index contributed by atoms with van der Waals surface area (Å²) >= 11 is 0. The van der Waals surface area contributed by atoms with Gasteiger partial charge in [0.05, 0.1) is 19.0 Å². The van der Waals surface area contributed by atoms with Gasteiger partial charge in [0.25, 0.3) is 0 Å². The molecule has 2 rings (SSSR count). The fourth-order valence-electron chi connectivity index (χ4n) is 1.99. The van der Waals surface area contributed by atoms with Gasteiger partial charge in [-0.1, -0.05) is 24.3 Å². The van der Waals surface area contributed by atoms with E-state index in [0.717, 1.165) is 17.8 Å². The van der Waals surface area contributed by atoms with E-state index in [0.29, 0.717) is 5.69 Å². The largest absolute Gasteiger partial charge is 0.464 e. The van der Waals surface area contributed by atoms with Crippen molar-refractivity contribution in [2.75, 3.05) is 12.4 Å². The standard InChI is InChI=1S/C16H18N2O2/c1-11-6-4-5-7-13(11)9-17-14-8-12(2)15(18-10-14)16(19)20-3/h4-8,10,17H,9H2,1-3H3. The molecule has 0 saturated heterocycles. The minimum absolute atomic E-state index is 0.356. The Labute approximate surface area is 118 Å². The number of methoxy groups -OCH3 is 1. The summed E-state index contributed by atoms with van der Waals surface area (Å²) in [5.74, 6) is -0.409. The molecule has 0 amide bonds. The Morgan fingerprint density at radius 1 is 1.25 bits per heavy atom. The van der Waals surface area contributed by atoms with Crippen LogP contribution in [0, 0.1) is 13.8 Å². The Morgan fingerprint density at radius 2 is 2.00 bits per heavy atom. The summed E-state index contributed by atoms with van der Waals surface area (Å²) in [6.07, 6.45) is 1.65. The molecule has 0 spiro atoms. The first kappa shape index (κ1) is 14.1. The first-order valence-electron chi connectivity index (χ1n) is 6.45. The summed E-state index contributed by atoms with van der Waals surface area (Å²) in [5, 5.41) is 3.31. The zero-order valence-corrected chi connectivity index (χ0v) is 11.9. The van der Waals surface area contributed by atoms with Crippen LogP contribution >= 0.6 is 0 Å². The van der Waals surface area contributed by atoms with Gasteiger partial charge in [-0.05, 0) is 36.6 Å². The summed E-state index contributed by atoms with van der Waals surface area (Å²) in [6.45, 7) is 4.66.